The molecular weight excluding hydrogens is 268 g/mol. The molecule has 1 aliphatic rings. The van der Waals surface area contributed by atoms with Gasteiger partial charge < -0.3 is 20.7 Å². The van der Waals surface area contributed by atoms with E-state index >= 15 is 0 Å². The van der Waals surface area contributed by atoms with Gasteiger partial charge in [-0.25, -0.2) is 0 Å². The highest BCUT2D eigenvalue weighted by Crippen LogP contribution is 2.17. The first-order chi connectivity index (χ1) is 10.3. The summed E-state index contributed by atoms with van der Waals surface area (Å²) in [5.74, 6) is 0.833. The van der Waals surface area contributed by atoms with E-state index in [0.717, 1.165) is 19.4 Å². The first kappa shape index (κ1) is 17.8. The number of rotatable bonds is 8. The van der Waals surface area contributed by atoms with Gasteiger partial charge >= 0.3 is 0 Å². The standard InChI is InChI=1S/C15H30N4O2/c1-3-21-12-11-18-15(16-2)17-10-9-14(20)19-13-7-5-4-6-8-13/h13H,3-12H2,1-2H3,(H,19,20)(H2,16,17,18). The van der Waals surface area contributed by atoms with E-state index in [1.165, 1.54) is 19.3 Å². The molecule has 0 aliphatic heterocycles. The summed E-state index contributed by atoms with van der Waals surface area (Å²) in [6, 6.07) is 0.384. The molecule has 1 fully saturated rings. The minimum atomic E-state index is 0.124. The summed E-state index contributed by atoms with van der Waals surface area (Å²) < 4.78 is 5.25. The maximum absolute atomic E-state index is 11.8. The zero-order valence-corrected chi connectivity index (χ0v) is 13.4. The normalized spacial score (nSPS) is 16.6. The van der Waals surface area contributed by atoms with Crippen LogP contribution in [0.2, 0.25) is 0 Å². The Morgan fingerprint density at radius 1 is 1.19 bits per heavy atom. The Kier molecular flexibility index (Phi) is 9.61. The third-order valence-electron chi connectivity index (χ3n) is 3.58. The van der Waals surface area contributed by atoms with Crippen molar-refractivity contribution in [2.75, 3.05) is 33.4 Å². The molecule has 0 saturated heterocycles. The third-order valence-corrected chi connectivity index (χ3v) is 3.58. The van der Waals surface area contributed by atoms with Crippen molar-refractivity contribution >= 4 is 11.9 Å². The molecule has 1 amide bonds. The number of carbonyl (C=O) groups excluding carboxylic acids is 1. The van der Waals surface area contributed by atoms with E-state index in [1.807, 2.05) is 6.92 Å². The molecule has 1 rings (SSSR count). The van der Waals surface area contributed by atoms with Gasteiger partial charge in [-0.3, -0.25) is 9.79 Å². The summed E-state index contributed by atoms with van der Waals surface area (Å²) in [5.41, 5.74) is 0. The molecule has 6 nitrogen and oxygen atoms in total. The maximum Gasteiger partial charge on any atom is 0.221 e. The first-order valence-electron chi connectivity index (χ1n) is 8.08. The molecule has 1 saturated carbocycles. The second-order valence-electron chi connectivity index (χ2n) is 5.28. The number of ether oxygens (including phenoxy) is 1. The van der Waals surface area contributed by atoms with Crippen LogP contribution in [0.3, 0.4) is 0 Å². The highest BCUT2D eigenvalue weighted by Gasteiger charge is 2.15. The fraction of sp³-hybridized carbons (Fsp3) is 0.867. The number of aliphatic imine (C=N–C) groups is 1. The van der Waals surface area contributed by atoms with Gasteiger partial charge in [0.05, 0.1) is 6.61 Å². The zero-order valence-electron chi connectivity index (χ0n) is 13.4. The van der Waals surface area contributed by atoms with Crippen molar-refractivity contribution in [3.8, 4) is 0 Å². The number of nitrogens with zero attached hydrogens (tertiary/aromatic N) is 1. The Balaban J connectivity index is 2.08. The van der Waals surface area contributed by atoms with Crippen LogP contribution in [0, 0.1) is 0 Å². The summed E-state index contributed by atoms with van der Waals surface area (Å²) in [4.78, 5) is 16.0. The van der Waals surface area contributed by atoms with Gasteiger partial charge in [-0.05, 0) is 19.8 Å². The number of carbonyl (C=O) groups is 1. The molecule has 0 aromatic rings. The van der Waals surface area contributed by atoms with Crippen LogP contribution in [-0.2, 0) is 9.53 Å². The maximum atomic E-state index is 11.8. The van der Waals surface area contributed by atoms with Crippen LogP contribution in [0.5, 0.6) is 0 Å². The molecule has 21 heavy (non-hydrogen) atoms. The van der Waals surface area contributed by atoms with E-state index in [4.69, 9.17) is 4.74 Å². The Bertz CT molecular complexity index is 315. The van der Waals surface area contributed by atoms with Gasteiger partial charge in [-0.1, -0.05) is 19.3 Å². The van der Waals surface area contributed by atoms with Gasteiger partial charge in [0.1, 0.15) is 0 Å². The molecule has 6 heteroatoms. The molecule has 0 bridgehead atoms. The lowest BCUT2D eigenvalue weighted by Gasteiger charge is -2.22. The minimum Gasteiger partial charge on any atom is -0.380 e. The van der Waals surface area contributed by atoms with Crippen molar-refractivity contribution in [2.45, 2.75) is 51.5 Å². The summed E-state index contributed by atoms with van der Waals surface area (Å²) >= 11 is 0. The van der Waals surface area contributed by atoms with E-state index in [9.17, 15) is 4.79 Å². The van der Waals surface area contributed by atoms with Gasteiger partial charge in [0, 0.05) is 39.2 Å². The summed E-state index contributed by atoms with van der Waals surface area (Å²) in [6.45, 7) is 4.64. The topological polar surface area (TPSA) is 74.8 Å². The van der Waals surface area contributed by atoms with Crippen molar-refractivity contribution in [3.63, 3.8) is 0 Å². The zero-order chi connectivity index (χ0) is 15.3. The predicted octanol–water partition coefficient (Wildman–Crippen LogP) is 1.03. The van der Waals surface area contributed by atoms with Crippen LogP contribution < -0.4 is 16.0 Å². The highest BCUT2D eigenvalue weighted by molar-refractivity contribution is 5.81. The van der Waals surface area contributed by atoms with E-state index in [0.29, 0.717) is 38.1 Å². The van der Waals surface area contributed by atoms with Crippen LogP contribution in [0.15, 0.2) is 4.99 Å². The molecule has 122 valence electrons. The Hall–Kier alpha value is -1.30. The fourth-order valence-corrected chi connectivity index (χ4v) is 2.45. The van der Waals surface area contributed by atoms with Crippen molar-refractivity contribution in [1.82, 2.24) is 16.0 Å². The molecular formula is C15H30N4O2. The van der Waals surface area contributed by atoms with Crippen LogP contribution in [0.1, 0.15) is 45.4 Å². The molecule has 0 unspecified atom stereocenters. The van der Waals surface area contributed by atoms with Gasteiger partial charge in [0.15, 0.2) is 5.96 Å². The SMILES string of the molecule is CCOCCNC(=NC)NCCC(=O)NC1CCCCC1. The lowest BCUT2D eigenvalue weighted by atomic mass is 9.95. The molecule has 0 aromatic heterocycles. The smallest absolute Gasteiger partial charge is 0.221 e. The van der Waals surface area contributed by atoms with Gasteiger partial charge in [-0.15, -0.1) is 0 Å². The lowest BCUT2D eigenvalue weighted by molar-refractivity contribution is -0.121. The van der Waals surface area contributed by atoms with E-state index < -0.39 is 0 Å². The molecule has 0 heterocycles. The summed E-state index contributed by atoms with van der Waals surface area (Å²) in [7, 11) is 1.72. The highest BCUT2D eigenvalue weighted by atomic mass is 16.5. The number of nitrogens with one attached hydrogen (secondary N) is 3. The Morgan fingerprint density at radius 3 is 2.57 bits per heavy atom. The average Bonchev–Trinajstić information content (AvgIpc) is 2.50. The summed E-state index contributed by atoms with van der Waals surface area (Å²) in [6.07, 6.45) is 6.50. The van der Waals surface area contributed by atoms with Crippen LogP contribution >= 0.6 is 0 Å². The molecule has 3 N–H and O–H groups in total. The molecule has 0 radical (unpaired) electrons. The van der Waals surface area contributed by atoms with Gasteiger partial charge in [-0.2, -0.15) is 0 Å². The molecule has 0 spiro atoms. The largest absolute Gasteiger partial charge is 0.380 e. The average molecular weight is 298 g/mol. The quantitative estimate of drug-likeness (QED) is 0.355. The Labute approximate surface area is 128 Å². The second kappa shape index (κ2) is 11.4. The van der Waals surface area contributed by atoms with Gasteiger partial charge in [0.2, 0.25) is 5.91 Å². The summed E-state index contributed by atoms with van der Waals surface area (Å²) in [5, 5.41) is 9.39. The monoisotopic (exact) mass is 298 g/mol. The predicted molar refractivity (Wildman–Crippen MR) is 85.5 cm³/mol. The van der Waals surface area contributed by atoms with Crippen LogP contribution in [-0.4, -0.2) is 51.3 Å². The molecule has 1 aliphatic carbocycles. The van der Waals surface area contributed by atoms with E-state index in [-0.39, 0.29) is 5.91 Å². The third kappa shape index (κ3) is 8.55. The van der Waals surface area contributed by atoms with Gasteiger partial charge in [0.25, 0.3) is 0 Å². The molecule has 0 atom stereocenters. The van der Waals surface area contributed by atoms with Crippen LogP contribution in [0.25, 0.3) is 0 Å². The van der Waals surface area contributed by atoms with Crippen LogP contribution in [0.4, 0.5) is 0 Å². The fourth-order valence-electron chi connectivity index (χ4n) is 2.45. The number of hydrogen-bond donors (Lipinski definition) is 3. The van der Waals surface area contributed by atoms with Crippen molar-refractivity contribution in [3.05, 3.63) is 0 Å². The van der Waals surface area contributed by atoms with Crippen molar-refractivity contribution in [2.24, 2.45) is 4.99 Å². The lowest BCUT2D eigenvalue weighted by Crippen LogP contribution is -2.42. The number of hydrogen-bond acceptors (Lipinski definition) is 3. The van der Waals surface area contributed by atoms with E-state index in [2.05, 4.69) is 20.9 Å². The second-order valence-corrected chi connectivity index (χ2v) is 5.28. The Morgan fingerprint density at radius 2 is 1.90 bits per heavy atom. The number of guanidine groups is 1. The van der Waals surface area contributed by atoms with Crippen molar-refractivity contribution in [1.29, 1.82) is 0 Å². The minimum absolute atomic E-state index is 0.124. The number of amides is 1. The van der Waals surface area contributed by atoms with E-state index in [1.54, 1.807) is 7.05 Å². The molecule has 0 aromatic carbocycles. The van der Waals surface area contributed by atoms with Crippen molar-refractivity contribution < 1.29 is 9.53 Å². The first-order valence-corrected chi connectivity index (χ1v) is 8.08.